The van der Waals surface area contributed by atoms with Gasteiger partial charge in [0, 0.05) is 19.4 Å². The standard InChI is InChI=1S/C15H14N6OS/c1-9-12(23-15(20-9)13-17-6-3-7-18-13)14(22)21-10-4-5-11(16-2)19-8-10/h3-8H,1-2H3,(H,16,19)(H,21,22). The van der Waals surface area contributed by atoms with E-state index in [0.717, 1.165) is 5.82 Å². The van der Waals surface area contributed by atoms with Crippen molar-refractivity contribution in [2.75, 3.05) is 17.7 Å². The number of nitrogens with zero attached hydrogens (tertiary/aromatic N) is 4. The molecule has 0 saturated heterocycles. The molecule has 116 valence electrons. The summed E-state index contributed by atoms with van der Waals surface area (Å²) in [7, 11) is 1.79. The maximum absolute atomic E-state index is 12.4. The summed E-state index contributed by atoms with van der Waals surface area (Å²) in [6.07, 6.45) is 4.89. The van der Waals surface area contributed by atoms with Crippen LogP contribution in [0.2, 0.25) is 0 Å². The second-order valence-electron chi connectivity index (χ2n) is 4.64. The van der Waals surface area contributed by atoms with E-state index in [1.54, 1.807) is 50.8 Å². The fraction of sp³-hybridized carbons (Fsp3) is 0.133. The summed E-state index contributed by atoms with van der Waals surface area (Å²) in [5, 5.41) is 6.36. The molecule has 7 nitrogen and oxygen atoms in total. The molecule has 0 aliphatic heterocycles. The van der Waals surface area contributed by atoms with Gasteiger partial charge in [-0.05, 0) is 25.1 Å². The normalized spacial score (nSPS) is 10.3. The lowest BCUT2D eigenvalue weighted by Gasteiger charge is -2.04. The first-order valence-electron chi connectivity index (χ1n) is 6.87. The van der Waals surface area contributed by atoms with Crippen LogP contribution in [0.3, 0.4) is 0 Å². The van der Waals surface area contributed by atoms with E-state index in [1.807, 2.05) is 0 Å². The van der Waals surface area contributed by atoms with Gasteiger partial charge in [-0.3, -0.25) is 4.79 Å². The summed E-state index contributed by atoms with van der Waals surface area (Å²) in [6, 6.07) is 5.31. The molecule has 2 N–H and O–H groups in total. The van der Waals surface area contributed by atoms with Crippen molar-refractivity contribution >= 4 is 28.7 Å². The summed E-state index contributed by atoms with van der Waals surface area (Å²) in [6.45, 7) is 1.79. The van der Waals surface area contributed by atoms with E-state index in [-0.39, 0.29) is 5.91 Å². The van der Waals surface area contributed by atoms with Crippen molar-refractivity contribution in [1.29, 1.82) is 0 Å². The zero-order valence-corrected chi connectivity index (χ0v) is 13.4. The molecule has 3 aromatic heterocycles. The average molecular weight is 326 g/mol. The highest BCUT2D eigenvalue weighted by molar-refractivity contribution is 7.17. The lowest BCUT2D eigenvalue weighted by Crippen LogP contribution is -2.11. The van der Waals surface area contributed by atoms with Crippen molar-refractivity contribution < 1.29 is 4.79 Å². The molecule has 0 aliphatic carbocycles. The maximum atomic E-state index is 12.4. The molecule has 0 aromatic carbocycles. The first-order valence-corrected chi connectivity index (χ1v) is 7.69. The van der Waals surface area contributed by atoms with Crippen LogP contribution in [0.5, 0.6) is 0 Å². The Morgan fingerprint density at radius 2 is 1.96 bits per heavy atom. The molecule has 23 heavy (non-hydrogen) atoms. The van der Waals surface area contributed by atoms with Crippen LogP contribution in [0.1, 0.15) is 15.4 Å². The first-order chi connectivity index (χ1) is 11.2. The Bertz CT molecular complexity index is 816. The summed E-state index contributed by atoms with van der Waals surface area (Å²) in [5.41, 5.74) is 1.27. The number of aromatic nitrogens is 4. The summed E-state index contributed by atoms with van der Waals surface area (Å²) in [5.74, 6) is 1.03. The number of hydrogen-bond donors (Lipinski definition) is 2. The van der Waals surface area contributed by atoms with E-state index < -0.39 is 0 Å². The van der Waals surface area contributed by atoms with Crippen LogP contribution in [0.15, 0.2) is 36.8 Å². The van der Waals surface area contributed by atoms with Gasteiger partial charge in [0.1, 0.15) is 10.7 Å². The quantitative estimate of drug-likeness (QED) is 0.765. The largest absolute Gasteiger partial charge is 0.373 e. The average Bonchev–Trinajstić information content (AvgIpc) is 2.98. The molecular weight excluding hydrogens is 312 g/mol. The number of anilines is 2. The minimum atomic E-state index is -0.221. The van der Waals surface area contributed by atoms with Crippen molar-refractivity contribution in [3.8, 4) is 10.8 Å². The molecule has 8 heteroatoms. The Balaban J connectivity index is 1.81. The van der Waals surface area contributed by atoms with Crippen molar-refractivity contribution in [3.63, 3.8) is 0 Å². The van der Waals surface area contributed by atoms with Crippen LogP contribution in [0.4, 0.5) is 11.5 Å². The van der Waals surface area contributed by atoms with Crippen LogP contribution < -0.4 is 10.6 Å². The second kappa shape index (κ2) is 6.49. The molecular formula is C15H14N6OS. The third kappa shape index (κ3) is 3.32. The third-order valence-electron chi connectivity index (χ3n) is 3.04. The van der Waals surface area contributed by atoms with Crippen LogP contribution in [0.25, 0.3) is 10.8 Å². The van der Waals surface area contributed by atoms with Gasteiger partial charge >= 0.3 is 0 Å². The molecule has 0 radical (unpaired) electrons. The fourth-order valence-electron chi connectivity index (χ4n) is 1.92. The molecule has 3 aromatic rings. The first kappa shape index (κ1) is 15.0. The topological polar surface area (TPSA) is 92.7 Å². The Hall–Kier alpha value is -2.87. The van der Waals surface area contributed by atoms with Gasteiger partial charge in [0.2, 0.25) is 0 Å². The van der Waals surface area contributed by atoms with Crippen LogP contribution >= 0.6 is 11.3 Å². The van der Waals surface area contributed by atoms with Gasteiger partial charge < -0.3 is 10.6 Å². The Morgan fingerprint density at radius 3 is 2.61 bits per heavy atom. The van der Waals surface area contributed by atoms with Crippen molar-refractivity contribution in [1.82, 2.24) is 19.9 Å². The number of aryl methyl sites for hydroxylation is 1. The molecule has 0 aliphatic rings. The van der Waals surface area contributed by atoms with Crippen molar-refractivity contribution in [2.24, 2.45) is 0 Å². The summed E-state index contributed by atoms with van der Waals surface area (Å²) in [4.78, 5) is 29.8. The van der Waals surface area contributed by atoms with Crippen LogP contribution in [-0.2, 0) is 0 Å². The summed E-state index contributed by atoms with van der Waals surface area (Å²) < 4.78 is 0. The minimum Gasteiger partial charge on any atom is -0.373 e. The lowest BCUT2D eigenvalue weighted by molar-refractivity contribution is 0.103. The number of carbonyl (C=O) groups is 1. The highest BCUT2D eigenvalue weighted by atomic mass is 32.1. The number of hydrogen-bond acceptors (Lipinski definition) is 7. The van der Waals surface area contributed by atoms with Gasteiger partial charge in [0.15, 0.2) is 10.8 Å². The summed E-state index contributed by atoms with van der Waals surface area (Å²) >= 11 is 1.27. The van der Waals surface area contributed by atoms with E-state index >= 15 is 0 Å². The van der Waals surface area contributed by atoms with Gasteiger partial charge in [0.05, 0.1) is 17.6 Å². The number of pyridine rings is 1. The van der Waals surface area contributed by atoms with Crippen LogP contribution in [-0.4, -0.2) is 32.9 Å². The smallest absolute Gasteiger partial charge is 0.267 e. The van der Waals surface area contributed by atoms with E-state index in [1.165, 1.54) is 11.3 Å². The SMILES string of the molecule is CNc1ccc(NC(=O)c2sc(-c3ncccn3)nc2C)cn1. The number of nitrogens with one attached hydrogen (secondary N) is 2. The third-order valence-corrected chi connectivity index (χ3v) is 4.19. The molecule has 0 unspecified atom stereocenters. The highest BCUT2D eigenvalue weighted by Crippen LogP contribution is 2.26. The predicted molar refractivity (Wildman–Crippen MR) is 89.6 cm³/mol. The van der Waals surface area contributed by atoms with E-state index in [4.69, 9.17) is 0 Å². The Labute approximate surface area is 136 Å². The number of amides is 1. The number of rotatable bonds is 4. The molecule has 0 bridgehead atoms. The zero-order chi connectivity index (χ0) is 16.2. The Kier molecular flexibility index (Phi) is 4.24. The van der Waals surface area contributed by atoms with Crippen molar-refractivity contribution in [2.45, 2.75) is 6.92 Å². The second-order valence-corrected chi connectivity index (χ2v) is 5.64. The predicted octanol–water partition coefficient (Wildman–Crippen LogP) is 2.60. The zero-order valence-electron chi connectivity index (χ0n) is 12.6. The number of thiazole rings is 1. The van der Waals surface area contributed by atoms with E-state index in [0.29, 0.717) is 27.1 Å². The molecule has 0 saturated carbocycles. The fourth-order valence-corrected chi connectivity index (χ4v) is 2.83. The molecule has 1 amide bonds. The van der Waals surface area contributed by atoms with Crippen molar-refractivity contribution in [3.05, 3.63) is 47.4 Å². The maximum Gasteiger partial charge on any atom is 0.267 e. The minimum absolute atomic E-state index is 0.221. The highest BCUT2D eigenvalue weighted by Gasteiger charge is 2.17. The molecule has 0 atom stereocenters. The van der Waals surface area contributed by atoms with Gasteiger partial charge in [-0.1, -0.05) is 0 Å². The molecule has 3 rings (SSSR count). The van der Waals surface area contributed by atoms with Gasteiger partial charge in [-0.15, -0.1) is 11.3 Å². The number of carbonyl (C=O) groups excluding carboxylic acids is 1. The van der Waals surface area contributed by atoms with Gasteiger partial charge in [-0.2, -0.15) is 0 Å². The van der Waals surface area contributed by atoms with Gasteiger partial charge in [-0.25, -0.2) is 19.9 Å². The lowest BCUT2D eigenvalue weighted by atomic mass is 10.3. The van der Waals surface area contributed by atoms with Crippen LogP contribution in [0, 0.1) is 6.92 Å². The molecule has 0 spiro atoms. The Morgan fingerprint density at radius 1 is 1.17 bits per heavy atom. The monoisotopic (exact) mass is 326 g/mol. The van der Waals surface area contributed by atoms with E-state index in [2.05, 4.69) is 30.6 Å². The molecule has 0 fully saturated rings. The van der Waals surface area contributed by atoms with E-state index in [9.17, 15) is 4.79 Å². The van der Waals surface area contributed by atoms with Gasteiger partial charge in [0.25, 0.3) is 5.91 Å². The molecule has 3 heterocycles.